The van der Waals surface area contributed by atoms with Crippen molar-refractivity contribution in [2.45, 2.75) is 137 Å². The van der Waals surface area contributed by atoms with Crippen molar-refractivity contribution >= 4 is 17.3 Å². The van der Waals surface area contributed by atoms with Gasteiger partial charge in [-0.25, -0.2) is 0 Å². The van der Waals surface area contributed by atoms with Gasteiger partial charge in [-0.15, -0.1) is 0 Å². The van der Waals surface area contributed by atoms with Crippen molar-refractivity contribution < 1.29 is 19.5 Å². The highest BCUT2D eigenvalue weighted by molar-refractivity contribution is 5.92. The Hall–Kier alpha value is -1.55. The van der Waals surface area contributed by atoms with Gasteiger partial charge in [0.1, 0.15) is 5.78 Å². The summed E-state index contributed by atoms with van der Waals surface area (Å²) in [6.45, 7) is 9.41. The maximum Gasteiger partial charge on any atom is 0.155 e. The van der Waals surface area contributed by atoms with E-state index in [4.69, 9.17) is 0 Å². The van der Waals surface area contributed by atoms with E-state index in [1.807, 2.05) is 12.2 Å². The van der Waals surface area contributed by atoms with E-state index in [0.29, 0.717) is 41.0 Å². The van der Waals surface area contributed by atoms with Gasteiger partial charge < -0.3 is 5.11 Å². The number of carbonyl (C=O) groups excluding carboxylic acids is 3. The van der Waals surface area contributed by atoms with Crippen LogP contribution in [0.25, 0.3) is 0 Å². The first-order valence-electron chi connectivity index (χ1n) is 17.6. The van der Waals surface area contributed by atoms with Gasteiger partial charge in [-0.2, -0.15) is 0 Å². The molecule has 0 amide bonds. The lowest BCUT2D eigenvalue weighted by Crippen LogP contribution is -2.51. The topological polar surface area (TPSA) is 71.4 Å². The van der Waals surface area contributed by atoms with Gasteiger partial charge in [0.05, 0.1) is 6.10 Å². The van der Waals surface area contributed by atoms with Crippen LogP contribution in [0.1, 0.15) is 130 Å². The Kier molecular flexibility index (Phi) is 6.93. The van der Waals surface area contributed by atoms with Crippen LogP contribution >= 0.6 is 0 Å². The average molecular weight is 575 g/mol. The minimum absolute atomic E-state index is 0.0246. The minimum Gasteiger partial charge on any atom is -0.393 e. The van der Waals surface area contributed by atoms with E-state index >= 15 is 0 Å². The summed E-state index contributed by atoms with van der Waals surface area (Å²) in [5.74, 6) is 5.46. The molecule has 6 fully saturated rings. The predicted octanol–water partition coefficient (Wildman–Crippen LogP) is 7.97. The molecule has 42 heavy (non-hydrogen) atoms. The maximum absolute atomic E-state index is 12.4. The highest BCUT2D eigenvalue weighted by Crippen LogP contribution is 2.66. The Morgan fingerprint density at radius 1 is 0.548 bits per heavy atom. The predicted molar refractivity (Wildman–Crippen MR) is 164 cm³/mol. The van der Waals surface area contributed by atoms with E-state index in [1.54, 1.807) is 0 Å². The molecule has 0 heterocycles. The molecule has 0 aliphatic heterocycles. The third kappa shape index (κ3) is 4.12. The number of hydrogen-bond acceptors (Lipinski definition) is 4. The van der Waals surface area contributed by atoms with Crippen molar-refractivity contribution in [3.63, 3.8) is 0 Å². The molecular formula is C38H54O4. The number of hydrogen-bond donors (Lipinski definition) is 1. The molecule has 0 saturated heterocycles. The zero-order valence-corrected chi connectivity index (χ0v) is 26.7. The highest BCUT2D eigenvalue weighted by atomic mass is 16.3. The fourth-order valence-electron chi connectivity index (χ4n) is 12.9. The van der Waals surface area contributed by atoms with Crippen LogP contribution in [0.15, 0.2) is 23.3 Å². The van der Waals surface area contributed by atoms with Crippen LogP contribution in [0, 0.1) is 57.2 Å². The minimum atomic E-state index is -0.0823. The summed E-state index contributed by atoms with van der Waals surface area (Å²) in [5.41, 5.74) is 3.53. The highest BCUT2D eigenvalue weighted by Gasteiger charge is 2.60. The Labute approximate surface area is 253 Å². The molecule has 0 aromatic rings. The van der Waals surface area contributed by atoms with Crippen molar-refractivity contribution in [3.05, 3.63) is 23.3 Å². The molecule has 0 radical (unpaired) electrons. The van der Waals surface area contributed by atoms with Gasteiger partial charge in [0.2, 0.25) is 0 Å². The van der Waals surface area contributed by atoms with Gasteiger partial charge in [-0.05, 0) is 147 Å². The molecule has 4 unspecified atom stereocenters. The summed E-state index contributed by atoms with van der Waals surface area (Å²) in [4.78, 5) is 35.9. The number of allylic oxidation sites excluding steroid dienone is 2. The number of ketones is 3. The second-order valence-corrected chi connectivity index (χ2v) is 17.0. The molecule has 0 bridgehead atoms. The van der Waals surface area contributed by atoms with Crippen LogP contribution in [0.3, 0.4) is 0 Å². The summed E-state index contributed by atoms with van der Waals surface area (Å²) in [5, 5.41) is 10.4. The van der Waals surface area contributed by atoms with Gasteiger partial charge in [-0.3, -0.25) is 14.4 Å². The second kappa shape index (κ2) is 9.98. The first kappa shape index (κ1) is 29.2. The zero-order valence-electron chi connectivity index (χ0n) is 26.7. The molecule has 4 heteroatoms. The summed E-state index contributed by atoms with van der Waals surface area (Å²) in [6, 6.07) is 0. The molecular weight excluding hydrogens is 520 g/mol. The monoisotopic (exact) mass is 574 g/mol. The smallest absolute Gasteiger partial charge is 0.155 e. The largest absolute Gasteiger partial charge is 0.393 e. The zero-order chi connectivity index (χ0) is 29.7. The van der Waals surface area contributed by atoms with Crippen LogP contribution in [0.5, 0.6) is 0 Å². The van der Waals surface area contributed by atoms with Gasteiger partial charge in [-0.1, -0.05) is 38.8 Å². The Bertz CT molecular complexity index is 1240. The fraction of sp³-hybridized carbons (Fsp3) is 0.816. The Morgan fingerprint density at radius 2 is 1.07 bits per heavy atom. The number of fused-ring (bicyclic) bond motifs is 10. The molecule has 230 valence electrons. The van der Waals surface area contributed by atoms with E-state index in [1.165, 1.54) is 49.7 Å². The lowest BCUT2D eigenvalue weighted by atomic mass is 9.47. The van der Waals surface area contributed by atoms with Gasteiger partial charge in [0.15, 0.2) is 11.6 Å². The summed E-state index contributed by atoms with van der Waals surface area (Å²) in [7, 11) is 0. The lowest BCUT2D eigenvalue weighted by Gasteiger charge is -2.57. The Balaban J connectivity index is 0.000000137. The normalized spacial score (nSPS) is 51.0. The summed E-state index contributed by atoms with van der Waals surface area (Å²) in [6.07, 6.45) is 20.9. The SMILES string of the molecule is C[C@]12CCC(=O)C=C1CC[C@@H]1C2CC[C@@]2(C)C1CC[C@@H]2O.C[C@]12CCC(=O)C=C1CC[C@@H]1C2CC[C@]2(C)C(=O)CCC12. The van der Waals surface area contributed by atoms with E-state index in [0.717, 1.165) is 76.0 Å². The van der Waals surface area contributed by atoms with Crippen LogP contribution < -0.4 is 0 Å². The quantitative estimate of drug-likeness (QED) is 0.319. The standard InChI is InChI=1S/C19H28O2.C19H26O2/c2*1-18-9-7-13(20)11-12(18)3-4-14-15-5-6-17(21)19(15,2)10-8-16(14)18/h11,14-17,21H,3-10H2,1-2H3;11,14-16H,3-10H2,1-2H3/t14-,15?,16?,17-,18-,19-;14-,15?,16?,18-,19-/m00/s1. The van der Waals surface area contributed by atoms with E-state index in [2.05, 4.69) is 27.7 Å². The first-order chi connectivity index (χ1) is 19.9. The molecule has 0 aromatic carbocycles. The average Bonchev–Trinajstić information content (AvgIpc) is 3.44. The molecule has 8 rings (SSSR count). The van der Waals surface area contributed by atoms with Crippen LogP contribution in [0.4, 0.5) is 0 Å². The number of Topliss-reactive ketones (excluding diaryl/α,β-unsaturated/α-hetero) is 1. The summed E-state index contributed by atoms with van der Waals surface area (Å²) < 4.78 is 0. The first-order valence-corrected chi connectivity index (χ1v) is 17.6. The molecule has 8 aliphatic carbocycles. The van der Waals surface area contributed by atoms with Gasteiger partial charge >= 0.3 is 0 Å². The van der Waals surface area contributed by atoms with E-state index in [-0.39, 0.29) is 27.8 Å². The van der Waals surface area contributed by atoms with Crippen LogP contribution in [-0.4, -0.2) is 28.6 Å². The maximum atomic E-state index is 12.4. The van der Waals surface area contributed by atoms with Crippen molar-refractivity contribution in [2.75, 3.05) is 0 Å². The van der Waals surface area contributed by atoms with Crippen molar-refractivity contribution in [2.24, 2.45) is 57.2 Å². The molecule has 8 aliphatic rings. The van der Waals surface area contributed by atoms with Gasteiger partial charge in [0, 0.05) is 24.7 Å². The second-order valence-electron chi connectivity index (χ2n) is 17.0. The molecule has 1 N–H and O–H groups in total. The number of rotatable bonds is 0. The van der Waals surface area contributed by atoms with Crippen LogP contribution in [0.2, 0.25) is 0 Å². The van der Waals surface area contributed by atoms with Crippen molar-refractivity contribution in [1.82, 2.24) is 0 Å². The third-order valence-electron chi connectivity index (χ3n) is 15.6. The van der Waals surface area contributed by atoms with Crippen molar-refractivity contribution in [3.8, 4) is 0 Å². The number of aliphatic hydroxyl groups is 1. The van der Waals surface area contributed by atoms with Gasteiger partial charge in [0.25, 0.3) is 0 Å². The van der Waals surface area contributed by atoms with Crippen molar-refractivity contribution in [1.29, 1.82) is 0 Å². The number of carbonyl (C=O) groups is 3. The Morgan fingerprint density at radius 3 is 1.67 bits per heavy atom. The molecule has 0 spiro atoms. The fourth-order valence-corrected chi connectivity index (χ4v) is 12.9. The number of aliphatic hydroxyl groups excluding tert-OH is 1. The van der Waals surface area contributed by atoms with E-state index < -0.39 is 0 Å². The summed E-state index contributed by atoms with van der Waals surface area (Å²) >= 11 is 0. The molecule has 11 atom stereocenters. The molecule has 0 aromatic heterocycles. The molecule has 6 saturated carbocycles. The van der Waals surface area contributed by atoms with Crippen LogP contribution in [-0.2, 0) is 14.4 Å². The lowest BCUT2D eigenvalue weighted by molar-refractivity contribution is -0.132. The van der Waals surface area contributed by atoms with E-state index in [9.17, 15) is 19.5 Å². The third-order valence-corrected chi connectivity index (χ3v) is 15.6. The molecule has 4 nitrogen and oxygen atoms in total.